The maximum absolute atomic E-state index is 9.42. The Morgan fingerprint density at radius 3 is 1.88 bits per heavy atom. The Morgan fingerprint density at radius 2 is 1.31 bits per heavy atom. The van der Waals surface area contributed by atoms with Crippen LogP contribution in [0.15, 0.2) is 36.4 Å². The van der Waals surface area contributed by atoms with Crippen LogP contribution in [-0.2, 0) is 0 Å². The first-order valence-corrected chi connectivity index (χ1v) is 5.17. The molecule has 0 atom stereocenters. The van der Waals surface area contributed by atoms with Gasteiger partial charge in [-0.25, -0.2) is 0 Å². The van der Waals surface area contributed by atoms with Gasteiger partial charge >= 0.3 is 0 Å². The van der Waals surface area contributed by atoms with Gasteiger partial charge in [0.15, 0.2) is 0 Å². The largest absolute Gasteiger partial charge is 0.508 e. The molecule has 0 spiro atoms. The third-order valence-electron chi connectivity index (χ3n) is 2.74. The van der Waals surface area contributed by atoms with Gasteiger partial charge in [0.25, 0.3) is 0 Å². The molecule has 2 aromatic rings. The summed E-state index contributed by atoms with van der Waals surface area (Å²) < 4.78 is 0. The Bertz CT molecular complexity index is 510. The van der Waals surface area contributed by atoms with Gasteiger partial charge in [0.2, 0.25) is 0 Å². The van der Waals surface area contributed by atoms with Crippen LogP contribution in [0.1, 0.15) is 11.1 Å². The molecule has 0 saturated heterocycles. The zero-order chi connectivity index (χ0) is 11.7. The van der Waals surface area contributed by atoms with E-state index in [0.29, 0.717) is 0 Å². The predicted octanol–water partition coefficient (Wildman–Crippen LogP) is 3.38. The van der Waals surface area contributed by atoms with Crippen LogP contribution in [0.3, 0.4) is 0 Å². The second kappa shape index (κ2) is 3.89. The minimum Gasteiger partial charge on any atom is -0.508 e. The highest BCUT2D eigenvalue weighted by Gasteiger charge is 2.03. The summed E-state index contributed by atoms with van der Waals surface area (Å²) >= 11 is 0. The highest BCUT2D eigenvalue weighted by atomic mass is 16.3. The molecule has 0 bridgehead atoms. The van der Waals surface area contributed by atoms with Crippen molar-refractivity contribution in [3.63, 3.8) is 0 Å². The standard InChI is InChI=1S/C14H14O2/c1-9-3-4-11(5-10(9)2)12-6-13(15)8-14(16)7-12/h3-8,15-16H,1-2H3. The lowest BCUT2D eigenvalue weighted by atomic mass is 10.0. The average Bonchev–Trinajstić information content (AvgIpc) is 2.20. The summed E-state index contributed by atoms with van der Waals surface area (Å²) in [5.74, 6) is 0.154. The summed E-state index contributed by atoms with van der Waals surface area (Å²) in [5.41, 5.74) is 4.24. The van der Waals surface area contributed by atoms with Gasteiger partial charge in [0.05, 0.1) is 0 Å². The van der Waals surface area contributed by atoms with Crippen molar-refractivity contribution in [2.24, 2.45) is 0 Å². The van der Waals surface area contributed by atoms with Crippen molar-refractivity contribution < 1.29 is 10.2 Å². The summed E-state index contributed by atoms with van der Waals surface area (Å²) in [6.45, 7) is 4.10. The summed E-state index contributed by atoms with van der Waals surface area (Å²) in [6.07, 6.45) is 0. The molecule has 2 heteroatoms. The molecule has 0 radical (unpaired) electrons. The van der Waals surface area contributed by atoms with E-state index in [4.69, 9.17) is 0 Å². The van der Waals surface area contributed by atoms with Crippen LogP contribution in [0.2, 0.25) is 0 Å². The van der Waals surface area contributed by atoms with Crippen molar-refractivity contribution in [3.05, 3.63) is 47.5 Å². The monoisotopic (exact) mass is 214 g/mol. The van der Waals surface area contributed by atoms with Crippen LogP contribution in [-0.4, -0.2) is 10.2 Å². The third kappa shape index (κ3) is 2.01. The molecule has 0 heterocycles. The molecular formula is C14H14O2. The summed E-state index contributed by atoms with van der Waals surface area (Å²) in [4.78, 5) is 0. The van der Waals surface area contributed by atoms with Gasteiger partial charge in [-0.15, -0.1) is 0 Å². The number of hydrogen-bond donors (Lipinski definition) is 2. The molecule has 0 aliphatic rings. The van der Waals surface area contributed by atoms with Crippen molar-refractivity contribution in [3.8, 4) is 22.6 Å². The quantitative estimate of drug-likeness (QED) is 0.764. The number of aryl methyl sites for hydroxylation is 2. The number of aromatic hydroxyl groups is 2. The first-order valence-electron chi connectivity index (χ1n) is 5.17. The van der Waals surface area contributed by atoms with Gasteiger partial charge in [-0.1, -0.05) is 18.2 Å². The van der Waals surface area contributed by atoms with Crippen LogP contribution < -0.4 is 0 Å². The molecule has 0 unspecified atom stereocenters. The van der Waals surface area contributed by atoms with E-state index in [1.807, 2.05) is 25.1 Å². The lowest BCUT2D eigenvalue weighted by Gasteiger charge is -2.06. The zero-order valence-electron chi connectivity index (χ0n) is 9.36. The summed E-state index contributed by atoms with van der Waals surface area (Å²) in [5, 5.41) is 18.8. The first-order chi connectivity index (χ1) is 7.56. The molecule has 0 aromatic heterocycles. The Hall–Kier alpha value is -1.96. The maximum Gasteiger partial charge on any atom is 0.119 e. The Kier molecular flexibility index (Phi) is 2.57. The highest BCUT2D eigenvalue weighted by molar-refractivity contribution is 5.68. The van der Waals surface area contributed by atoms with E-state index < -0.39 is 0 Å². The summed E-state index contributed by atoms with van der Waals surface area (Å²) in [6, 6.07) is 10.7. The van der Waals surface area contributed by atoms with Crippen molar-refractivity contribution in [1.82, 2.24) is 0 Å². The van der Waals surface area contributed by atoms with E-state index in [1.165, 1.54) is 17.2 Å². The third-order valence-corrected chi connectivity index (χ3v) is 2.74. The molecule has 0 fully saturated rings. The van der Waals surface area contributed by atoms with E-state index in [9.17, 15) is 10.2 Å². The molecule has 0 saturated carbocycles. The molecule has 2 nitrogen and oxygen atoms in total. The molecule has 82 valence electrons. The highest BCUT2D eigenvalue weighted by Crippen LogP contribution is 2.29. The minimum absolute atomic E-state index is 0.0771. The molecule has 16 heavy (non-hydrogen) atoms. The van der Waals surface area contributed by atoms with Gasteiger partial charge in [-0.05, 0) is 48.2 Å². The van der Waals surface area contributed by atoms with Crippen LogP contribution in [0.4, 0.5) is 0 Å². The normalized spacial score (nSPS) is 10.4. The molecule has 2 rings (SSSR count). The van der Waals surface area contributed by atoms with Crippen LogP contribution >= 0.6 is 0 Å². The lowest BCUT2D eigenvalue weighted by molar-refractivity contribution is 0.451. The van der Waals surface area contributed by atoms with Gasteiger partial charge in [0, 0.05) is 6.07 Å². The van der Waals surface area contributed by atoms with Crippen LogP contribution in [0.5, 0.6) is 11.5 Å². The van der Waals surface area contributed by atoms with Crippen molar-refractivity contribution in [2.45, 2.75) is 13.8 Å². The van der Waals surface area contributed by atoms with Gasteiger partial charge in [-0.3, -0.25) is 0 Å². The van der Waals surface area contributed by atoms with Crippen LogP contribution in [0, 0.1) is 13.8 Å². The predicted molar refractivity (Wildman–Crippen MR) is 64.7 cm³/mol. The van der Waals surface area contributed by atoms with Crippen molar-refractivity contribution in [1.29, 1.82) is 0 Å². The minimum atomic E-state index is 0.0771. The van der Waals surface area contributed by atoms with E-state index in [2.05, 4.69) is 6.92 Å². The number of phenolic OH excluding ortho intramolecular Hbond substituents is 2. The topological polar surface area (TPSA) is 40.5 Å². The lowest BCUT2D eigenvalue weighted by Crippen LogP contribution is -1.83. The van der Waals surface area contributed by atoms with E-state index in [0.717, 1.165) is 11.1 Å². The fourth-order valence-electron chi connectivity index (χ4n) is 1.68. The second-order valence-electron chi connectivity index (χ2n) is 4.04. The fraction of sp³-hybridized carbons (Fsp3) is 0.143. The zero-order valence-corrected chi connectivity index (χ0v) is 9.36. The molecule has 0 aliphatic heterocycles. The number of phenols is 2. The molecule has 0 aliphatic carbocycles. The van der Waals surface area contributed by atoms with Crippen molar-refractivity contribution >= 4 is 0 Å². The van der Waals surface area contributed by atoms with Gasteiger partial charge in [-0.2, -0.15) is 0 Å². The Morgan fingerprint density at radius 1 is 0.688 bits per heavy atom. The molecular weight excluding hydrogens is 200 g/mol. The fourth-order valence-corrected chi connectivity index (χ4v) is 1.68. The number of benzene rings is 2. The second-order valence-corrected chi connectivity index (χ2v) is 4.04. The van der Waals surface area contributed by atoms with Gasteiger partial charge < -0.3 is 10.2 Å². The summed E-state index contributed by atoms with van der Waals surface area (Å²) in [7, 11) is 0. The number of hydrogen-bond acceptors (Lipinski definition) is 2. The average molecular weight is 214 g/mol. The number of rotatable bonds is 1. The van der Waals surface area contributed by atoms with E-state index in [-0.39, 0.29) is 11.5 Å². The maximum atomic E-state index is 9.42. The molecule has 0 amide bonds. The Balaban J connectivity index is 2.54. The molecule has 2 aromatic carbocycles. The molecule has 2 N–H and O–H groups in total. The SMILES string of the molecule is Cc1ccc(-c2cc(O)cc(O)c2)cc1C. The van der Waals surface area contributed by atoms with Crippen molar-refractivity contribution in [2.75, 3.05) is 0 Å². The van der Waals surface area contributed by atoms with Gasteiger partial charge in [0.1, 0.15) is 11.5 Å². The van der Waals surface area contributed by atoms with E-state index >= 15 is 0 Å². The van der Waals surface area contributed by atoms with E-state index in [1.54, 1.807) is 12.1 Å². The Labute approximate surface area is 94.8 Å². The smallest absolute Gasteiger partial charge is 0.119 e. The van der Waals surface area contributed by atoms with Crippen LogP contribution in [0.25, 0.3) is 11.1 Å². The first kappa shape index (κ1) is 10.6.